The molecule has 0 saturated carbocycles. The van der Waals surface area contributed by atoms with Crippen molar-refractivity contribution in [2.45, 2.75) is 38.1 Å². The summed E-state index contributed by atoms with van der Waals surface area (Å²) in [7, 11) is 0. The number of likely N-dealkylation sites (tertiary alicyclic amines) is 1. The van der Waals surface area contributed by atoms with Crippen LogP contribution in [0.25, 0.3) is 0 Å². The fraction of sp³-hybridized carbons (Fsp3) is 0.929. The van der Waals surface area contributed by atoms with Gasteiger partial charge in [0, 0.05) is 12.5 Å². The van der Waals surface area contributed by atoms with Gasteiger partial charge < -0.3 is 15.5 Å². The second-order valence-corrected chi connectivity index (χ2v) is 5.91. The van der Waals surface area contributed by atoms with Gasteiger partial charge in [0.05, 0.1) is 6.61 Å². The van der Waals surface area contributed by atoms with Gasteiger partial charge in [0.15, 0.2) is 0 Å². The molecule has 0 bridgehead atoms. The van der Waals surface area contributed by atoms with E-state index in [2.05, 4.69) is 10.2 Å². The summed E-state index contributed by atoms with van der Waals surface area (Å²) in [6.07, 6.45) is 4.59. The lowest BCUT2D eigenvalue weighted by atomic mass is 9.82. The van der Waals surface area contributed by atoms with Crippen molar-refractivity contribution in [3.05, 3.63) is 0 Å². The van der Waals surface area contributed by atoms with Crippen LogP contribution in [0.15, 0.2) is 0 Å². The maximum atomic E-state index is 10.9. The smallest absolute Gasteiger partial charge is 0.303 e. The van der Waals surface area contributed by atoms with Crippen LogP contribution in [0.1, 0.15) is 32.1 Å². The van der Waals surface area contributed by atoms with Crippen LogP contribution in [-0.4, -0.2) is 59.9 Å². The summed E-state index contributed by atoms with van der Waals surface area (Å²) in [6, 6.07) is 0.328. The maximum Gasteiger partial charge on any atom is 0.303 e. The third kappa shape index (κ3) is 4.16. The molecule has 0 aromatic heterocycles. The number of rotatable bonds is 6. The summed E-state index contributed by atoms with van der Waals surface area (Å²) < 4.78 is 0. The molecule has 2 heterocycles. The van der Waals surface area contributed by atoms with Crippen molar-refractivity contribution in [2.75, 3.05) is 32.8 Å². The minimum absolute atomic E-state index is 0.251. The molecule has 2 aliphatic heterocycles. The molecule has 5 nitrogen and oxygen atoms in total. The highest BCUT2D eigenvalue weighted by molar-refractivity contribution is 5.67. The molecule has 2 rings (SSSR count). The molecule has 3 unspecified atom stereocenters. The van der Waals surface area contributed by atoms with Gasteiger partial charge in [-0.25, -0.2) is 0 Å². The Morgan fingerprint density at radius 1 is 1.32 bits per heavy atom. The first-order valence-electron chi connectivity index (χ1n) is 7.48. The average Bonchev–Trinajstić information content (AvgIpc) is 2.84. The molecule has 0 aliphatic carbocycles. The molecule has 3 atom stereocenters. The topological polar surface area (TPSA) is 72.8 Å². The highest BCUT2D eigenvalue weighted by Crippen LogP contribution is 2.27. The van der Waals surface area contributed by atoms with E-state index in [0.29, 0.717) is 24.3 Å². The molecule has 2 aliphatic rings. The number of nitrogens with zero attached hydrogens (tertiary/aromatic N) is 1. The number of piperidine rings is 1. The van der Waals surface area contributed by atoms with Crippen LogP contribution in [0.3, 0.4) is 0 Å². The van der Waals surface area contributed by atoms with Crippen molar-refractivity contribution in [2.24, 2.45) is 11.8 Å². The normalized spacial score (nSPS) is 32.6. The quantitative estimate of drug-likeness (QED) is 0.657. The zero-order valence-corrected chi connectivity index (χ0v) is 11.6. The number of carboxylic acid groups (broad SMARTS) is 1. The van der Waals surface area contributed by atoms with Gasteiger partial charge in [0.1, 0.15) is 0 Å². The third-order valence-electron chi connectivity index (χ3n) is 4.70. The average molecular weight is 270 g/mol. The number of carbonyl (C=O) groups is 1. The van der Waals surface area contributed by atoms with Crippen LogP contribution in [-0.2, 0) is 4.79 Å². The van der Waals surface area contributed by atoms with Gasteiger partial charge in [0.2, 0.25) is 0 Å². The van der Waals surface area contributed by atoms with Gasteiger partial charge in [0.25, 0.3) is 0 Å². The molecule has 2 saturated heterocycles. The van der Waals surface area contributed by atoms with Gasteiger partial charge in [-0.15, -0.1) is 0 Å². The molecule has 0 aromatic rings. The molecular weight excluding hydrogens is 244 g/mol. The fourth-order valence-electron chi connectivity index (χ4n) is 3.54. The van der Waals surface area contributed by atoms with E-state index in [9.17, 15) is 9.90 Å². The second kappa shape index (κ2) is 7.22. The van der Waals surface area contributed by atoms with Crippen molar-refractivity contribution in [3.8, 4) is 0 Å². The highest BCUT2D eigenvalue weighted by Gasteiger charge is 2.29. The highest BCUT2D eigenvalue weighted by atomic mass is 16.4. The van der Waals surface area contributed by atoms with Crippen molar-refractivity contribution < 1.29 is 15.0 Å². The van der Waals surface area contributed by atoms with Crippen LogP contribution in [0.2, 0.25) is 0 Å². The first-order chi connectivity index (χ1) is 9.20. The number of aliphatic carboxylic acids is 1. The Morgan fingerprint density at radius 3 is 2.89 bits per heavy atom. The van der Waals surface area contributed by atoms with E-state index in [4.69, 9.17) is 5.11 Å². The zero-order valence-electron chi connectivity index (χ0n) is 11.6. The van der Waals surface area contributed by atoms with Crippen LogP contribution in [0.5, 0.6) is 0 Å². The number of carboxylic acids is 1. The summed E-state index contributed by atoms with van der Waals surface area (Å²) in [4.78, 5) is 13.3. The number of hydrogen-bond acceptors (Lipinski definition) is 4. The Hall–Kier alpha value is -0.650. The second-order valence-electron chi connectivity index (χ2n) is 5.91. The van der Waals surface area contributed by atoms with Crippen molar-refractivity contribution in [1.82, 2.24) is 10.2 Å². The largest absolute Gasteiger partial charge is 0.481 e. The lowest BCUT2D eigenvalue weighted by Gasteiger charge is -2.33. The predicted octanol–water partition coefficient (Wildman–Crippen LogP) is 0.534. The van der Waals surface area contributed by atoms with E-state index in [1.807, 2.05) is 0 Å². The summed E-state index contributed by atoms with van der Waals surface area (Å²) in [5.41, 5.74) is 0. The van der Waals surface area contributed by atoms with Gasteiger partial charge in [-0.3, -0.25) is 9.69 Å². The summed E-state index contributed by atoms with van der Waals surface area (Å²) in [6.45, 7) is 4.21. The molecule has 0 amide bonds. The Morgan fingerprint density at radius 2 is 2.16 bits per heavy atom. The van der Waals surface area contributed by atoms with Crippen LogP contribution in [0, 0.1) is 11.8 Å². The molecule has 0 aromatic carbocycles. The van der Waals surface area contributed by atoms with E-state index >= 15 is 0 Å². The molecule has 0 spiro atoms. The number of hydrogen-bond donors (Lipinski definition) is 3. The zero-order chi connectivity index (χ0) is 13.7. The van der Waals surface area contributed by atoms with Gasteiger partial charge in [-0.1, -0.05) is 0 Å². The number of aliphatic hydroxyl groups is 1. The van der Waals surface area contributed by atoms with Crippen LogP contribution in [0.4, 0.5) is 0 Å². The number of aliphatic hydroxyl groups excluding tert-OH is 1. The monoisotopic (exact) mass is 270 g/mol. The molecular formula is C14H26N2O3. The summed E-state index contributed by atoms with van der Waals surface area (Å²) in [5, 5.41) is 21.7. The minimum Gasteiger partial charge on any atom is -0.481 e. The van der Waals surface area contributed by atoms with Gasteiger partial charge >= 0.3 is 5.97 Å². The van der Waals surface area contributed by atoms with Crippen molar-refractivity contribution >= 4 is 5.97 Å². The molecule has 2 fully saturated rings. The van der Waals surface area contributed by atoms with E-state index in [0.717, 1.165) is 45.4 Å². The lowest BCUT2D eigenvalue weighted by Crippen LogP contribution is -2.40. The van der Waals surface area contributed by atoms with Crippen molar-refractivity contribution in [3.63, 3.8) is 0 Å². The predicted molar refractivity (Wildman–Crippen MR) is 73.0 cm³/mol. The Balaban J connectivity index is 1.80. The number of nitrogens with one attached hydrogen (secondary N) is 1. The molecule has 3 N–H and O–H groups in total. The first-order valence-corrected chi connectivity index (χ1v) is 7.48. The molecule has 19 heavy (non-hydrogen) atoms. The Bertz CT molecular complexity index is 298. The van der Waals surface area contributed by atoms with E-state index in [1.165, 1.54) is 6.42 Å². The van der Waals surface area contributed by atoms with Gasteiger partial charge in [-0.2, -0.15) is 0 Å². The Labute approximate surface area is 115 Å². The van der Waals surface area contributed by atoms with E-state index in [-0.39, 0.29) is 6.61 Å². The molecule has 5 heteroatoms. The summed E-state index contributed by atoms with van der Waals surface area (Å²) in [5.74, 6) is 0.102. The molecule has 0 radical (unpaired) electrons. The maximum absolute atomic E-state index is 10.9. The van der Waals surface area contributed by atoms with E-state index < -0.39 is 5.97 Å². The third-order valence-corrected chi connectivity index (χ3v) is 4.70. The molecule has 110 valence electrons. The van der Waals surface area contributed by atoms with Gasteiger partial charge in [-0.05, 0) is 63.7 Å². The SMILES string of the molecule is O=C(O)CC1CCNCC1CCN1CCCC1CO. The summed E-state index contributed by atoms with van der Waals surface area (Å²) >= 11 is 0. The standard InChI is InChI=1S/C14H26N2O3/c17-10-13-2-1-6-16(13)7-4-12-9-15-5-3-11(12)8-14(18)19/h11-13,15,17H,1-10H2,(H,18,19). The Kier molecular flexibility index (Phi) is 5.60. The first kappa shape index (κ1) is 14.8. The minimum atomic E-state index is -0.675. The fourth-order valence-corrected chi connectivity index (χ4v) is 3.54. The lowest BCUT2D eigenvalue weighted by molar-refractivity contribution is -0.138. The van der Waals surface area contributed by atoms with Crippen LogP contribution >= 0.6 is 0 Å². The van der Waals surface area contributed by atoms with E-state index in [1.54, 1.807) is 0 Å². The van der Waals surface area contributed by atoms with Crippen molar-refractivity contribution in [1.29, 1.82) is 0 Å². The van der Waals surface area contributed by atoms with Crippen LogP contribution < -0.4 is 5.32 Å².